The Morgan fingerprint density at radius 3 is 2.69 bits per heavy atom. The van der Waals surface area contributed by atoms with E-state index < -0.39 is 41.9 Å². The number of piperidine rings is 1. The first-order valence-corrected chi connectivity index (χ1v) is 8.85. The quantitative estimate of drug-likeness (QED) is 0.587. The fraction of sp³-hybridized carbons (Fsp3) is 0.667. The van der Waals surface area contributed by atoms with Gasteiger partial charge in [-0.15, -0.1) is 0 Å². The molecule has 2 unspecified atom stereocenters. The Bertz CT molecular complexity index is 726. The maximum absolute atomic E-state index is 13.1. The monoisotopic (exact) mass is 372 g/mol. The molecule has 1 aliphatic heterocycles. The van der Waals surface area contributed by atoms with Crippen molar-refractivity contribution in [3.8, 4) is 5.75 Å². The van der Waals surface area contributed by atoms with E-state index in [0.717, 1.165) is 11.1 Å². The summed E-state index contributed by atoms with van der Waals surface area (Å²) in [5.41, 5.74) is 5.10. The van der Waals surface area contributed by atoms with Crippen LogP contribution in [0.1, 0.15) is 30.4 Å². The van der Waals surface area contributed by atoms with E-state index in [1.54, 1.807) is 12.1 Å². The molecule has 0 radical (unpaired) electrons. The number of benzene rings is 1. The largest absolute Gasteiger partial charge is 0.508 e. The first kappa shape index (κ1) is 18.0. The predicted octanol–water partition coefficient (Wildman–Crippen LogP) is 1.24. The maximum Gasteiger partial charge on any atom is 0.401 e. The number of aliphatic hydroxyl groups is 2. The molecule has 5 atom stereocenters. The number of nitrogens with two attached hydrogens (primary N) is 1. The number of aromatic hydroxyl groups is 1. The third-order valence-corrected chi connectivity index (χ3v) is 6.72. The van der Waals surface area contributed by atoms with E-state index in [1.807, 2.05) is 0 Å². The van der Waals surface area contributed by atoms with Crippen LogP contribution in [0.5, 0.6) is 5.75 Å². The highest BCUT2D eigenvalue weighted by atomic mass is 19.4. The van der Waals surface area contributed by atoms with Gasteiger partial charge in [0.15, 0.2) is 0 Å². The molecular weight excluding hydrogens is 349 g/mol. The summed E-state index contributed by atoms with van der Waals surface area (Å²) in [7, 11) is 0. The van der Waals surface area contributed by atoms with E-state index in [2.05, 4.69) is 0 Å². The molecule has 0 amide bonds. The van der Waals surface area contributed by atoms with E-state index in [9.17, 15) is 28.5 Å². The van der Waals surface area contributed by atoms with Crippen LogP contribution >= 0.6 is 0 Å². The Balaban J connectivity index is 1.84. The average molecular weight is 372 g/mol. The van der Waals surface area contributed by atoms with Crippen molar-refractivity contribution in [3.63, 3.8) is 0 Å². The minimum absolute atomic E-state index is 0.0633. The van der Waals surface area contributed by atoms with Crippen LogP contribution in [0.25, 0.3) is 0 Å². The van der Waals surface area contributed by atoms with E-state index >= 15 is 0 Å². The van der Waals surface area contributed by atoms with Crippen molar-refractivity contribution in [1.29, 1.82) is 0 Å². The number of hydrogen-bond donors (Lipinski definition) is 4. The number of likely N-dealkylation sites (tertiary alicyclic amines) is 1. The van der Waals surface area contributed by atoms with Gasteiger partial charge in [-0.3, -0.25) is 4.90 Å². The zero-order valence-electron chi connectivity index (χ0n) is 14.2. The molecule has 144 valence electrons. The Kier molecular flexibility index (Phi) is 3.87. The second-order valence-electron chi connectivity index (χ2n) is 8.06. The summed E-state index contributed by atoms with van der Waals surface area (Å²) >= 11 is 0. The first-order chi connectivity index (χ1) is 12.1. The Hall–Kier alpha value is -1.35. The van der Waals surface area contributed by atoms with Crippen LogP contribution < -0.4 is 5.73 Å². The standard InChI is InChI=1S/C18H23F3N2O3/c19-18(20,21)9-23-4-3-16-7-11(15(22)25)8-17(16,26)14(23)5-10-1-2-12(24)6-13(10)16/h1-2,6,11,14-15,24-26H,3-5,7-9,22H2/t11?,14-,15?,16-,17-/m1/s1. The molecule has 1 aromatic carbocycles. The molecule has 1 saturated heterocycles. The van der Waals surface area contributed by atoms with Gasteiger partial charge in [0.25, 0.3) is 0 Å². The third-order valence-electron chi connectivity index (χ3n) is 6.72. The lowest BCUT2D eigenvalue weighted by atomic mass is 9.56. The van der Waals surface area contributed by atoms with E-state index in [1.165, 1.54) is 11.0 Å². The van der Waals surface area contributed by atoms with Crippen LogP contribution in [-0.4, -0.2) is 57.4 Å². The second-order valence-corrected chi connectivity index (χ2v) is 8.06. The van der Waals surface area contributed by atoms with E-state index in [-0.39, 0.29) is 25.1 Å². The van der Waals surface area contributed by atoms with E-state index in [0.29, 0.717) is 12.8 Å². The maximum atomic E-state index is 13.1. The molecule has 4 rings (SSSR count). The summed E-state index contributed by atoms with van der Waals surface area (Å²) in [6.45, 7) is -0.867. The fourth-order valence-electron chi connectivity index (χ4n) is 5.69. The number of aliphatic hydroxyl groups excluding tert-OH is 1. The molecule has 1 saturated carbocycles. The van der Waals surface area contributed by atoms with Crippen molar-refractivity contribution in [2.75, 3.05) is 13.1 Å². The Morgan fingerprint density at radius 1 is 1.31 bits per heavy atom. The number of phenolic OH excluding ortho intramolecular Hbond substituents is 1. The Morgan fingerprint density at radius 2 is 2.04 bits per heavy atom. The average Bonchev–Trinajstić information content (AvgIpc) is 2.85. The van der Waals surface area contributed by atoms with Crippen LogP contribution in [0.15, 0.2) is 18.2 Å². The summed E-state index contributed by atoms with van der Waals surface area (Å²) < 4.78 is 39.2. The number of fused-ring (bicyclic) bond motifs is 1. The lowest BCUT2D eigenvalue weighted by molar-refractivity contribution is -0.188. The van der Waals surface area contributed by atoms with Crippen molar-refractivity contribution in [3.05, 3.63) is 29.3 Å². The number of nitrogens with zero attached hydrogens (tertiary/aromatic N) is 1. The van der Waals surface area contributed by atoms with Gasteiger partial charge in [-0.2, -0.15) is 13.2 Å². The fourth-order valence-corrected chi connectivity index (χ4v) is 5.69. The van der Waals surface area contributed by atoms with Crippen molar-refractivity contribution < 1.29 is 28.5 Å². The molecule has 0 spiro atoms. The molecule has 1 heterocycles. The van der Waals surface area contributed by atoms with Crippen molar-refractivity contribution in [2.24, 2.45) is 11.7 Å². The van der Waals surface area contributed by atoms with Crippen LogP contribution in [0, 0.1) is 5.92 Å². The highest BCUT2D eigenvalue weighted by Crippen LogP contribution is 2.62. The summed E-state index contributed by atoms with van der Waals surface area (Å²) in [6, 6.07) is 4.16. The molecule has 5 N–H and O–H groups in total. The molecule has 0 aromatic heterocycles. The number of hydrogen-bond acceptors (Lipinski definition) is 5. The second kappa shape index (κ2) is 5.58. The van der Waals surface area contributed by atoms with Gasteiger partial charge in [-0.05, 0) is 55.5 Å². The van der Waals surface area contributed by atoms with Crippen molar-refractivity contribution >= 4 is 0 Å². The predicted molar refractivity (Wildman–Crippen MR) is 87.4 cm³/mol. The SMILES string of the molecule is NC(O)C1C[C@]23CCN(CC(F)(F)F)[C@H](Cc4ccc(O)cc42)[C@]3(O)C1. The van der Waals surface area contributed by atoms with Crippen LogP contribution in [-0.2, 0) is 11.8 Å². The molecule has 2 bridgehead atoms. The van der Waals surface area contributed by atoms with Gasteiger partial charge < -0.3 is 21.1 Å². The highest BCUT2D eigenvalue weighted by Gasteiger charge is 2.68. The zero-order chi connectivity index (χ0) is 18.9. The van der Waals surface area contributed by atoms with Crippen LogP contribution in [0.4, 0.5) is 13.2 Å². The van der Waals surface area contributed by atoms with Gasteiger partial charge >= 0.3 is 6.18 Å². The molecule has 2 fully saturated rings. The normalized spacial score (nSPS) is 37.9. The topological polar surface area (TPSA) is 90.0 Å². The van der Waals surface area contributed by atoms with Gasteiger partial charge in [-0.1, -0.05) is 6.07 Å². The third kappa shape index (κ3) is 2.46. The van der Waals surface area contributed by atoms with Crippen molar-refractivity contribution in [2.45, 2.75) is 55.1 Å². The van der Waals surface area contributed by atoms with Gasteiger partial charge in [0.2, 0.25) is 0 Å². The van der Waals surface area contributed by atoms with E-state index in [4.69, 9.17) is 5.73 Å². The van der Waals surface area contributed by atoms with Gasteiger partial charge in [0.05, 0.1) is 12.1 Å². The molecule has 2 aliphatic carbocycles. The summed E-state index contributed by atoms with van der Waals surface area (Å²) in [5, 5.41) is 31.5. The minimum atomic E-state index is -4.35. The molecule has 8 heteroatoms. The number of rotatable bonds is 2. The lowest BCUT2D eigenvalue weighted by Gasteiger charge is -2.59. The molecular formula is C18H23F3N2O3. The summed E-state index contributed by atoms with van der Waals surface area (Å²) in [4.78, 5) is 1.32. The molecule has 1 aromatic rings. The highest BCUT2D eigenvalue weighted by molar-refractivity contribution is 5.49. The Labute approximate surface area is 149 Å². The van der Waals surface area contributed by atoms with Gasteiger partial charge in [0, 0.05) is 17.4 Å². The molecule has 3 aliphatic rings. The summed E-state index contributed by atoms with van der Waals surface area (Å²) in [6.07, 6.45) is -4.34. The van der Waals surface area contributed by atoms with Gasteiger partial charge in [-0.25, -0.2) is 0 Å². The number of halogens is 3. The first-order valence-electron chi connectivity index (χ1n) is 8.85. The zero-order valence-corrected chi connectivity index (χ0v) is 14.2. The van der Waals surface area contributed by atoms with Crippen molar-refractivity contribution in [1.82, 2.24) is 4.90 Å². The molecule has 5 nitrogen and oxygen atoms in total. The van der Waals surface area contributed by atoms with Gasteiger partial charge in [0.1, 0.15) is 12.0 Å². The number of alkyl halides is 3. The molecule has 26 heavy (non-hydrogen) atoms. The summed E-state index contributed by atoms with van der Waals surface area (Å²) in [5.74, 6) is -0.338. The van der Waals surface area contributed by atoms with Crippen LogP contribution in [0.2, 0.25) is 0 Å². The lowest BCUT2D eigenvalue weighted by Crippen LogP contribution is -2.70. The van der Waals surface area contributed by atoms with Crippen LogP contribution in [0.3, 0.4) is 0 Å². The number of phenols is 1. The minimum Gasteiger partial charge on any atom is -0.508 e. The smallest absolute Gasteiger partial charge is 0.401 e.